The van der Waals surface area contributed by atoms with E-state index in [2.05, 4.69) is 6.92 Å². The first-order valence-corrected chi connectivity index (χ1v) is 1.79. The summed E-state index contributed by atoms with van der Waals surface area (Å²) in [5.41, 5.74) is 0. The minimum atomic E-state index is -3.28. The van der Waals surface area contributed by atoms with Gasteiger partial charge in [0.05, 0.1) is 0 Å². The predicted molar refractivity (Wildman–Crippen MR) is 20.9 cm³/mol. The highest BCUT2D eigenvalue weighted by atomic mass is 19.3. The van der Waals surface area contributed by atoms with Gasteiger partial charge in [0, 0.05) is 6.92 Å². The molecule has 1 radical (unpaired) electrons. The molecule has 0 amide bonds. The van der Waals surface area contributed by atoms with Crippen LogP contribution in [0.1, 0.15) is 6.92 Å². The van der Waals surface area contributed by atoms with Crippen molar-refractivity contribution in [3.8, 4) is 0 Å². The van der Waals surface area contributed by atoms with Crippen molar-refractivity contribution in [2.75, 3.05) is 0 Å². The molecule has 0 bridgehead atoms. The van der Waals surface area contributed by atoms with Gasteiger partial charge in [-0.15, -0.1) is 0 Å². The summed E-state index contributed by atoms with van der Waals surface area (Å²) in [5, 5.41) is 0. The molecule has 0 aliphatic carbocycles. The molecule has 7 heavy (non-hydrogen) atoms. The monoisotopic (exact) mass is 111 g/mol. The van der Waals surface area contributed by atoms with Crippen LogP contribution in [-0.2, 0) is 0 Å². The van der Waals surface area contributed by atoms with Crippen molar-refractivity contribution < 1.29 is 13.2 Å². The van der Waals surface area contributed by atoms with Gasteiger partial charge in [-0.1, -0.05) is 0 Å². The highest BCUT2D eigenvalue weighted by Gasteiger charge is 2.29. The normalized spacial score (nSPS) is 16.7. The first-order valence-electron chi connectivity index (χ1n) is 1.79. The van der Waals surface area contributed by atoms with Gasteiger partial charge in [0.1, 0.15) is 0 Å². The van der Waals surface area contributed by atoms with Gasteiger partial charge in [-0.25, -0.2) is 13.2 Å². The molecule has 0 fully saturated rings. The first-order chi connectivity index (χ1) is 2.94. The highest BCUT2D eigenvalue weighted by Crippen LogP contribution is 2.18. The van der Waals surface area contributed by atoms with Crippen molar-refractivity contribution in [2.24, 2.45) is 0 Å². The average Bonchev–Trinajstić information content (AvgIpc) is 1.31. The smallest absolute Gasteiger partial charge is 0.241 e. The molecule has 0 saturated heterocycles. The molecule has 0 aromatic carbocycles. The zero-order valence-corrected chi connectivity index (χ0v) is 3.92. The molecule has 0 aliphatic rings. The van der Waals surface area contributed by atoms with Crippen LogP contribution in [0, 0.1) is 6.92 Å². The summed E-state index contributed by atoms with van der Waals surface area (Å²) in [4.78, 5) is 0. The van der Waals surface area contributed by atoms with Gasteiger partial charge >= 0.3 is 0 Å². The van der Waals surface area contributed by atoms with E-state index in [-0.39, 0.29) is 0 Å². The molecule has 1 atom stereocenters. The molecule has 3 heteroatoms. The van der Waals surface area contributed by atoms with Crippen molar-refractivity contribution in [3.63, 3.8) is 0 Å². The summed E-state index contributed by atoms with van der Waals surface area (Å²) < 4.78 is 34.2. The van der Waals surface area contributed by atoms with E-state index in [0.717, 1.165) is 0 Å². The van der Waals surface area contributed by atoms with Crippen LogP contribution in [0.15, 0.2) is 0 Å². The van der Waals surface area contributed by atoms with E-state index in [4.69, 9.17) is 0 Å². The van der Waals surface area contributed by atoms with Gasteiger partial charge in [0.25, 0.3) is 5.92 Å². The average molecular weight is 111 g/mol. The molecule has 0 aromatic rings. The van der Waals surface area contributed by atoms with Gasteiger partial charge in [-0.2, -0.15) is 0 Å². The quantitative estimate of drug-likeness (QED) is 0.484. The van der Waals surface area contributed by atoms with Crippen molar-refractivity contribution in [1.29, 1.82) is 0 Å². The number of halogens is 3. The Morgan fingerprint density at radius 2 is 1.71 bits per heavy atom. The summed E-state index contributed by atoms with van der Waals surface area (Å²) in [6.45, 7) is 2.98. The number of rotatable bonds is 1. The lowest BCUT2D eigenvalue weighted by Gasteiger charge is -2.08. The summed E-state index contributed by atoms with van der Waals surface area (Å²) in [7, 11) is 0. The van der Waals surface area contributed by atoms with Gasteiger partial charge < -0.3 is 0 Å². The maximum Gasteiger partial charge on any atom is 0.275 e. The summed E-state index contributed by atoms with van der Waals surface area (Å²) >= 11 is 0. The SMILES string of the molecule is [CH2]C(F)C(C)(F)F. The Balaban J connectivity index is 3.54. The maximum atomic E-state index is 11.4. The van der Waals surface area contributed by atoms with E-state index in [0.29, 0.717) is 6.92 Å². The van der Waals surface area contributed by atoms with E-state index in [1.165, 1.54) is 0 Å². The molecule has 0 spiro atoms. The van der Waals surface area contributed by atoms with E-state index < -0.39 is 12.1 Å². The van der Waals surface area contributed by atoms with Gasteiger partial charge in [0.15, 0.2) is 6.17 Å². The van der Waals surface area contributed by atoms with Crippen molar-refractivity contribution in [3.05, 3.63) is 6.92 Å². The molecule has 1 unspecified atom stereocenters. The number of hydrogen-bond donors (Lipinski definition) is 0. The minimum Gasteiger partial charge on any atom is -0.241 e. The Morgan fingerprint density at radius 3 is 1.71 bits per heavy atom. The molecule has 0 nitrogen and oxygen atoms in total. The lowest BCUT2D eigenvalue weighted by molar-refractivity contribution is -0.0362. The largest absolute Gasteiger partial charge is 0.275 e. The fourth-order valence-electron chi connectivity index (χ4n) is 0. The standard InChI is InChI=1S/C4H6F3/c1-3(5)4(2,6)7/h3H,1H2,2H3. The van der Waals surface area contributed by atoms with Gasteiger partial charge in [0.2, 0.25) is 0 Å². The Labute approximate surface area is 40.3 Å². The number of alkyl halides is 3. The van der Waals surface area contributed by atoms with Crippen LogP contribution in [0.25, 0.3) is 0 Å². The van der Waals surface area contributed by atoms with E-state index in [9.17, 15) is 13.2 Å². The van der Waals surface area contributed by atoms with Crippen molar-refractivity contribution >= 4 is 0 Å². The van der Waals surface area contributed by atoms with E-state index in [1.807, 2.05) is 0 Å². The van der Waals surface area contributed by atoms with Crippen LogP contribution in [0.5, 0.6) is 0 Å². The van der Waals surface area contributed by atoms with Gasteiger partial charge in [-0.05, 0) is 6.92 Å². The van der Waals surface area contributed by atoms with Crippen LogP contribution < -0.4 is 0 Å². The second kappa shape index (κ2) is 1.72. The van der Waals surface area contributed by atoms with Crippen LogP contribution in [0.2, 0.25) is 0 Å². The highest BCUT2D eigenvalue weighted by molar-refractivity contribution is 4.72. The third-order valence-electron chi connectivity index (χ3n) is 0.550. The molecule has 43 valence electrons. The van der Waals surface area contributed by atoms with Crippen LogP contribution in [-0.4, -0.2) is 12.1 Å². The summed E-state index contributed by atoms with van der Waals surface area (Å²) in [5.74, 6) is -3.28. The molecule has 0 N–H and O–H groups in total. The zero-order valence-electron chi connectivity index (χ0n) is 3.92. The Hall–Kier alpha value is -0.210. The molecule has 0 rings (SSSR count). The Bertz CT molecular complexity index is 52.4. The lowest BCUT2D eigenvalue weighted by Crippen LogP contribution is -2.22. The molecule has 0 aromatic heterocycles. The molecule has 0 aliphatic heterocycles. The first kappa shape index (κ1) is 6.79. The predicted octanol–water partition coefficient (Wildman–Crippen LogP) is 1.81. The molecule has 0 saturated carbocycles. The third-order valence-corrected chi connectivity index (χ3v) is 0.550. The minimum absolute atomic E-state index is 0.491. The second-order valence-corrected chi connectivity index (χ2v) is 1.42. The van der Waals surface area contributed by atoms with Crippen molar-refractivity contribution in [2.45, 2.75) is 19.0 Å². The molecular formula is C4H6F3. The molecular weight excluding hydrogens is 105 g/mol. The van der Waals surface area contributed by atoms with Crippen LogP contribution in [0.3, 0.4) is 0 Å². The van der Waals surface area contributed by atoms with E-state index >= 15 is 0 Å². The van der Waals surface area contributed by atoms with Crippen molar-refractivity contribution in [1.82, 2.24) is 0 Å². The van der Waals surface area contributed by atoms with Crippen LogP contribution in [0.4, 0.5) is 13.2 Å². The summed E-state index contributed by atoms with van der Waals surface area (Å²) in [6.07, 6.45) is -2.28. The fraction of sp³-hybridized carbons (Fsp3) is 0.750. The summed E-state index contributed by atoms with van der Waals surface area (Å²) in [6, 6.07) is 0. The second-order valence-electron chi connectivity index (χ2n) is 1.42. The van der Waals surface area contributed by atoms with E-state index in [1.54, 1.807) is 0 Å². The lowest BCUT2D eigenvalue weighted by atomic mass is 10.3. The maximum absolute atomic E-state index is 11.4. The Morgan fingerprint density at radius 1 is 1.57 bits per heavy atom. The Kier molecular flexibility index (Phi) is 1.67. The number of hydrogen-bond acceptors (Lipinski definition) is 0. The van der Waals surface area contributed by atoms with Crippen LogP contribution >= 0.6 is 0 Å². The molecule has 0 heterocycles. The van der Waals surface area contributed by atoms with Gasteiger partial charge in [-0.3, -0.25) is 0 Å². The third kappa shape index (κ3) is 2.48. The fourth-order valence-corrected chi connectivity index (χ4v) is 0. The topological polar surface area (TPSA) is 0 Å². The zero-order chi connectivity index (χ0) is 6.08.